The van der Waals surface area contributed by atoms with Gasteiger partial charge in [0.15, 0.2) is 11.5 Å². The van der Waals surface area contributed by atoms with Gasteiger partial charge in [-0.25, -0.2) is 0 Å². The van der Waals surface area contributed by atoms with Crippen molar-refractivity contribution in [3.05, 3.63) is 29.3 Å². The second-order valence-electron chi connectivity index (χ2n) is 10.5. The van der Waals surface area contributed by atoms with E-state index >= 15 is 0 Å². The Morgan fingerprint density at radius 2 is 0.974 bits per heavy atom. The summed E-state index contributed by atoms with van der Waals surface area (Å²) in [5, 5.41) is 18.2. The van der Waals surface area contributed by atoms with Gasteiger partial charge >= 0.3 is 0 Å². The highest BCUT2D eigenvalue weighted by Crippen LogP contribution is 2.30. The fourth-order valence-corrected chi connectivity index (χ4v) is 4.65. The van der Waals surface area contributed by atoms with Crippen molar-refractivity contribution in [3.63, 3.8) is 0 Å². The largest absolute Gasteiger partial charge is 0.490 e. The summed E-state index contributed by atoms with van der Waals surface area (Å²) in [6.45, 7) is 5.86. The Morgan fingerprint density at radius 1 is 0.579 bits per heavy atom. The second-order valence-corrected chi connectivity index (χ2v) is 10.5. The standard InChI is InChI=1S/C34H54N2O2/c1-3-5-7-9-11-13-15-17-19-21-25-37-33-24-23-31(27-32(29-35)30-36)28-34(33)38-26-22-20-18-16-14-12-10-8-6-4-2/h23-24,27-28H,3-22,25-26H2,1-2H3. The highest BCUT2D eigenvalue weighted by Gasteiger charge is 2.08. The van der Waals surface area contributed by atoms with Gasteiger partial charge in [-0.15, -0.1) is 0 Å². The van der Waals surface area contributed by atoms with E-state index in [9.17, 15) is 0 Å². The van der Waals surface area contributed by atoms with E-state index in [4.69, 9.17) is 20.0 Å². The lowest BCUT2D eigenvalue weighted by molar-refractivity contribution is 0.258. The molecular weight excluding hydrogens is 468 g/mol. The van der Waals surface area contributed by atoms with Crippen LogP contribution in [-0.2, 0) is 0 Å². The quantitative estimate of drug-likeness (QED) is 0.0946. The smallest absolute Gasteiger partial charge is 0.161 e. The third-order valence-corrected chi connectivity index (χ3v) is 7.03. The van der Waals surface area contributed by atoms with Crippen LogP contribution in [0.1, 0.15) is 148 Å². The van der Waals surface area contributed by atoms with Crippen LogP contribution in [0.25, 0.3) is 6.08 Å². The van der Waals surface area contributed by atoms with Crippen molar-refractivity contribution in [3.8, 4) is 23.6 Å². The molecule has 0 unspecified atom stereocenters. The minimum atomic E-state index is 0.0877. The van der Waals surface area contributed by atoms with E-state index in [1.54, 1.807) is 6.08 Å². The monoisotopic (exact) mass is 522 g/mol. The van der Waals surface area contributed by atoms with Gasteiger partial charge in [0, 0.05) is 0 Å². The number of rotatable bonds is 25. The molecule has 4 nitrogen and oxygen atoms in total. The Bertz CT molecular complexity index is 803. The van der Waals surface area contributed by atoms with Crippen molar-refractivity contribution >= 4 is 6.08 Å². The third kappa shape index (κ3) is 17.9. The lowest BCUT2D eigenvalue weighted by Crippen LogP contribution is -2.03. The molecule has 0 spiro atoms. The topological polar surface area (TPSA) is 66.0 Å². The number of benzene rings is 1. The number of nitriles is 2. The zero-order valence-electron chi connectivity index (χ0n) is 24.6. The Labute approximate surface area is 234 Å². The van der Waals surface area contributed by atoms with E-state index in [1.165, 1.54) is 116 Å². The van der Waals surface area contributed by atoms with Crippen LogP contribution in [0, 0.1) is 22.7 Å². The molecule has 0 fully saturated rings. The maximum Gasteiger partial charge on any atom is 0.161 e. The maximum absolute atomic E-state index is 9.10. The first kappa shape index (κ1) is 33.6. The summed E-state index contributed by atoms with van der Waals surface area (Å²) >= 11 is 0. The Morgan fingerprint density at radius 3 is 1.39 bits per heavy atom. The molecule has 0 atom stereocenters. The van der Waals surface area contributed by atoms with Gasteiger partial charge in [-0.2, -0.15) is 10.5 Å². The van der Waals surface area contributed by atoms with Crippen LogP contribution in [0.15, 0.2) is 23.8 Å². The lowest BCUT2D eigenvalue weighted by atomic mass is 10.1. The molecule has 4 heteroatoms. The fourth-order valence-electron chi connectivity index (χ4n) is 4.65. The van der Waals surface area contributed by atoms with Crippen LogP contribution in [0.2, 0.25) is 0 Å². The van der Waals surface area contributed by atoms with E-state index in [0.29, 0.717) is 19.0 Å². The first-order chi connectivity index (χ1) is 18.7. The van der Waals surface area contributed by atoms with Gasteiger partial charge in [-0.05, 0) is 36.6 Å². The van der Waals surface area contributed by atoms with E-state index < -0.39 is 0 Å². The molecule has 212 valence electrons. The van der Waals surface area contributed by atoms with Crippen molar-refractivity contribution in [1.82, 2.24) is 0 Å². The number of hydrogen-bond acceptors (Lipinski definition) is 4. The van der Waals surface area contributed by atoms with Crippen molar-refractivity contribution in [1.29, 1.82) is 10.5 Å². The molecule has 0 radical (unpaired) electrons. The number of ether oxygens (including phenoxy) is 2. The molecule has 1 aromatic carbocycles. The van der Waals surface area contributed by atoms with Crippen LogP contribution >= 0.6 is 0 Å². The highest BCUT2D eigenvalue weighted by molar-refractivity contribution is 5.64. The highest BCUT2D eigenvalue weighted by atomic mass is 16.5. The SMILES string of the molecule is CCCCCCCCCCCCOc1ccc(C=C(C#N)C#N)cc1OCCCCCCCCCCCC. The molecule has 0 saturated carbocycles. The predicted octanol–water partition coefficient (Wildman–Crippen LogP) is 10.7. The van der Waals surface area contributed by atoms with Gasteiger partial charge < -0.3 is 9.47 Å². The first-order valence-corrected chi connectivity index (χ1v) is 15.7. The predicted molar refractivity (Wildman–Crippen MR) is 160 cm³/mol. The molecule has 0 bridgehead atoms. The maximum atomic E-state index is 9.10. The van der Waals surface area contributed by atoms with Gasteiger partial charge in [0.1, 0.15) is 17.7 Å². The molecule has 0 aliphatic heterocycles. The summed E-state index contributed by atoms with van der Waals surface area (Å²) in [6.07, 6.45) is 27.5. The summed E-state index contributed by atoms with van der Waals surface area (Å²) in [6, 6.07) is 9.53. The summed E-state index contributed by atoms with van der Waals surface area (Å²) < 4.78 is 12.2. The van der Waals surface area contributed by atoms with E-state index in [-0.39, 0.29) is 5.57 Å². The zero-order valence-corrected chi connectivity index (χ0v) is 24.6. The van der Waals surface area contributed by atoms with E-state index in [2.05, 4.69) is 13.8 Å². The second kappa shape index (κ2) is 24.9. The molecule has 0 saturated heterocycles. The number of hydrogen-bond donors (Lipinski definition) is 0. The van der Waals surface area contributed by atoms with Crippen molar-refractivity contribution in [2.24, 2.45) is 0 Å². The van der Waals surface area contributed by atoms with Gasteiger partial charge in [-0.1, -0.05) is 135 Å². The molecule has 1 aromatic rings. The molecule has 0 aromatic heterocycles. The van der Waals surface area contributed by atoms with Crippen LogP contribution in [0.4, 0.5) is 0 Å². The van der Waals surface area contributed by atoms with Crippen LogP contribution in [-0.4, -0.2) is 13.2 Å². The molecule has 0 N–H and O–H groups in total. The molecule has 38 heavy (non-hydrogen) atoms. The average Bonchev–Trinajstić information content (AvgIpc) is 2.94. The minimum Gasteiger partial charge on any atom is -0.490 e. The van der Waals surface area contributed by atoms with E-state index in [0.717, 1.165) is 24.2 Å². The van der Waals surface area contributed by atoms with Gasteiger partial charge in [0.25, 0.3) is 0 Å². The van der Waals surface area contributed by atoms with Crippen molar-refractivity contribution < 1.29 is 9.47 Å². The summed E-state index contributed by atoms with van der Waals surface area (Å²) in [5.41, 5.74) is 0.872. The first-order valence-electron chi connectivity index (χ1n) is 15.7. The van der Waals surface area contributed by atoms with Crippen LogP contribution in [0.5, 0.6) is 11.5 Å². The van der Waals surface area contributed by atoms with Gasteiger partial charge in [0.05, 0.1) is 13.2 Å². The molecule has 0 amide bonds. The Hall–Kier alpha value is -2.46. The van der Waals surface area contributed by atoms with Gasteiger partial charge in [0.2, 0.25) is 0 Å². The fraction of sp³-hybridized carbons (Fsp3) is 0.706. The summed E-state index contributed by atoms with van der Waals surface area (Å²) in [7, 11) is 0. The molecule has 1 rings (SSSR count). The van der Waals surface area contributed by atoms with Crippen molar-refractivity contribution in [2.45, 2.75) is 142 Å². The summed E-state index contributed by atoms with van der Waals surface area (Å²) in [4.78, 5) is 0. The third-order valence-electron chi connectivity index (χ3n) is 7.03. The molecular formula is C34H54N2O2. The average molecular weight is 523 g/mol. The van der Waals surface area contributed by atoms with Crippen LogP contribution in [0.3, 0.4) is 0 Å². The van der Waals surface area contributed by atoms with Crippen LogP contribution < -0.4 is 9.47 Å². The number of allylic oxidation sites excluding steroid dienone is 1. The normalized spacial score (nSPS) is 10.5. The summed E-state index contributed by atoms with van der Waals surface area (Å²) in [5.74, 6) is 1.46. The van der Waals surface area contributed by atoms with Gasteiger partial charge in [-0.3, -0.25) is 0 Å². The zero-order chi connectivity index (χ0) is 27.5. The molecule has 0 heterocycles. The Balaban J connectivity index is 2.40. The van der Waals surface area contributed by atoms with Crippen molar-refractivity contribution in [2.75, 3.05) is 13.2 Å². The number of unbranched alkanes of at least 4 members (excludes halogenated alkanes) is 18. The molecule has 0 aliphatic carbocycles. The molecule has 0 aliphatic rings. The number of nitrogens with zero attached hydrogens (tertiary/aromatic N) is 2. The minimum absolute atomic E-state index is 0.0877. The van der Waals surface area contributed by atoms with E-state index in [1.807, 2.05) is 30.3 Å². The Kier molecular flexibility index (Phi) is 22.0. The lowest BCUT2D eigenvalue weighted by Gasteiger charge is -2.14.